The van der Waals surface area contributed by atoms with Gasteiger partial charge in [0.05, 0.1) is 4.90 Å². The second kappa shape index (κ2) is 24.2. The van der Waals surface area contributed by atoms with Gasteiger partial charge in [0.15, 0.2) is 0 Å². The average molecular weight is 660 g/mol. The molecule has 0 saturated carbocycles. The van der Waals surface area contributed by atoms with Crippen LogP contribution < -0.4 is 5.11 Å². The second-order valence-corrected chi connectivity index (χ2v) is 10.1. The summed E-state index contributed by atoms with van der Waals surface area (Å²) in [4.78, 5) is 19.9. The molecule has 0 aromatic heterocycles. The largest absolute Gasteiger partial charge is 2.00 e. The predicted octanol–water partition coefficient (Wildman–Crippen LogP) is 5.67. The fraction of sp³-hybridized carbons (Fsp3) is 0.571. The van der Waals surface area contributed by atoms with E-state index in [1.165, 1.54) is 57.4 Å². The maximum atomic E-state index is 10.9. The first-order valence-corrected chi connectivity index (χ1v) is 14.4. The summed E-state index contributed by atoms with van der Waals surface area (Å²) in [6.45, 7) is 4.35. The number of carboxylic acid groups (broad SMARTS) is 2. The summed E-state index contributed by atoms with van der Waals surface area (Å²) in [5.41, 5.74) is 0. The van der Waals surface area contributed by atoms with Crippen molar-refractivity contribution in [3.63, 3.8) is 0 Å². The Kier molecular flexibility index (Phi) is 25.0. The van der Waals surface area contributed by atoms with Crippen LogP contribution in [-0.4, -0.2) is 78.9 Å². The van der Waals surface area contributed by atoms with Crippen LogP contribution in [0.5, 0.6) is 0 Å². The molecule has 2 aromatic carbocycles. The van der Waals surface area contributed by atoms with Crippen molar-refractivity contribution in [2.45, 2.75) is 109 Å². The maximum Gasteiger partial charge on any atom is 2.00 e. The summed E-state index contributed by atoms with van der Waals surface area (Å²) in [7, 11) is -4.38. The third-order valence-corrected chi connectivity index (χ3v) is 6.39. The Labute approximate surface area is 263 Å². The molecule has 0 saturated heterocycles. The van der Waals surface area contributed by atoms with Crippen molar-refractivity contribution in [1.82, 2.24) is 0 Å². The van der Waals surface area contributed by atoms with Gasteiger partial charge >= 0.3 is 54.9 Å². The molecule has 9 heteroatoms. The van der Waals surface area contributed by atoms with Crippen molar-refractivity contribution in [1.29, 1.82) is 0 Å². The summed E-state index contributed by atoms with van der Waals surface area (Å²) in [6.07, 6.45) is 14.2. The number of hydrogen-bond donors (Lipinski definition) is 1. The summed E-state index contributed by atoms with van der Waals surface area (Å²) >= 11 is 0. The zero-order chi connectivity index (χ0) is 27.2. The van der Waals surface area contributed by atoms with E-state index in [-0.39, 0.29) is 60.2 Å². The van der Waals surface area contributed by atoms with Gasteiger partial charge in [-0.1, -0.05) is 114 Å². The average Bonchev–Trinajstić information content (AvgIpc) is 2.83. The fourth-order valence-corrected chi connectivity index (χ4v) is 4.22. The Morgan fingerprint density at radius 1 is 0.730 bits per heavy atom. The van der Waals surface area contributed by atoms with Crippen LogP contribution in [0.15, 0.2) is 47.4 Å². The number of rotatable bonds is 15. The third-order valence-electron chi connectivity index (χ3n) is 5.50. The van der Waals surface area contributed by atoms with Crippen LogP contribution in [0.4, 0.5) is 0 Å². The molecular formula is C28H42BaO7S. The number of fused-ring (bicyclic) bond motifs is 1. The maximum absolute atomic E-state index is 10.9. The molecule has 7 nitrogen and oxygen atoms in total. The number of carbonyl (C=O) groups excluding carboxylic acids is 1. The minimum Gasteiger partial charge on any atom is -0.744 e. The van der Waals surface area contributed by atoms with Crippen LogP contribution in [0.25, 0.3) is 10.8 Å². The molecule has 0 unspecified atom stereocenters. The van der Waals surface area contributed by atoms with E-state index in [1.807, 2.05) is 0 Å². The van der Waals surface area contributed by atoms with Gasteiger partial charge in [0.2, 0.25) is 0 Å². The van der Waals surface area contributed by atoms with Crippen molar-refractivity contribution < 1.29 is 32.8 Å². The van der Waals surface area contributed by atoms with Gasteiger partial charge in [0.1, 0.15) is 10.1 Å². The molecule has 0 aliphatic carbocycles. The molecule has 0 fully saturated rings. The molecule has 37 heavy (non-hydrogen) atoms. The molecule has 0 aliphatic rings. The van der Waals surface area contributed by atoms with E-state index in [1.54, 1.807) is 36.4 Å². The van der Waals surface area contributed by atoms with E-state index in [4.69, 9.17) is 5.11 Å². The van der Waals surface area contributed by atoms with Crippen molar-refractivity contribution in [2.24, 2.45) is 0 Å². The third kappa shape index (κ3) is 21.7. The minimum atomic E-state index is -4.38. The topological polar surface area (TPSA) is 135 Å². The van der Waals surface area contributed by atoms with Crippen LogP contribution in [0.2, 0.25) is 0 Å². The van der Waals surface area contributed by atoms with E-state index in [0.29, 0.717) is 11.8 Å². The summed E-state index contributed by atoms with van der Waals surface area (Å²) in [5.74, 6) is -1.58. The predicted molar refractivity (Wildman–Crippen MR) is 146 cm³/mol. The Bertz CT molecular complexity index is 946. The van der Waals surface area contributed by atoms with Crippen molar-refractivity contribution in [3.05, 3.63) is 42.5 Å². The van der Waals surface area contributed by atoms with E-state index in [0.717, 1.165) is 31.1 Å². The Morgan fingerprint density at radius 2 is 1.19 bits per heavy atom. The Balaban J connectivity index is 0. The van der Waals surface area contributed by atoms with E-state index in [2.05, 4.69) is 13.8 Å². The fourth-order valence-electron chi connectivity index (χ4n) is 3.52. The molecule has 0 bridgehead atoms. The Morgan fingerprint density at radius 3 is 1.68 bits per heavy atom. The van der Waals surface area contributed by atoms with Gasteiger partial charge in [-0.15, -0.1) is 0 Å². The van der Waals surface area contributed by atoms with E-state index < -0.39 is 22.1 Å². The first kappa shape index (κ1) is 38.3. The van der Waals surface area contributed by atoms with Gasteiger partial charge < -0.3 is 19.6 Å². The first-order valence-electron chi connectivity index (χ1n) is 13.0. The first-order chi connectivity index (χ1) is 17.1. The normalized spacial score (nSPS) is 10.4. The summed E-state index contributed by atoms with van der Waals surface area (Å²) < 4.78 is 32.7. The number of carboxylic acids is 2. The molecule has 0 atom stereocenters. The van der Waals surface area contributed by atoms with E-state index >= 15 is 0 Å². The number of hydrogen-bond acceptors (Lipinski definition) is 6. The number of benzene rings is 2. The molecule has 2 rings (SSSR count). The standard InChI is InChI=1S/C10H8O3S.2C9H18O2.Ba/c11-14(12,13)10-7-3-5-8-4-1-2-6-9(8)10;2*1-2-3-4-5-6-7-8-9(10)11;/h1-7H,(H,11,12,13);2*2-8H2,1H3,(H,10,11);/q;;;+2/p-2. The number of unbranched alkanes of at least 4 members (excludes halogenated alkanes) is 10. The van der Waals surface area contributed by atoms with Gasteiger partial charge in [-0.25, -0.2) is 8.42 Å². The van der Waals surface area contributed by atoms with Gasteiger partial charge in [-0.2, -0.15) is 0 Å². The van der Waals surface area contributed by atoms with Gasteiger partial charge in [-0.05, 0) is 36.1 Å². The van der Waals surface area contributed by atoms with Crippen molar-refractivity contribution >= 4 is 81.7 Å². The quantitative estimate of drug-likeness (QED) is 0.148. The van der Waals surface area contributed by atoms with Gasteiger partial charge in [0, 0.05) is 12.4 Å². The van der Waals surface area contributed by atoms with Gasteiger partial charge in [0.25, 0.3) is 0 Å². The molecular weight excluding hydrogens is 618 g/mol. The van der Waals surface area contributed by atoms with Crippen LogP contribution in [0.1, 0.15) is 104 Å². The van der Waals surface area contributed by atoms with Crippen LogP contribution in [0.3, 0.4) is 0 Å². The SMILES string of the molecule is CCCCCCCCC(=O)O.CCCCCCCCC(=O)[O-].O=S(=O)([O-])c1cccc2ccccc12.[Ba+2]. The van der Waals surface area contributed by atoms with Crippen LogP contribution in [0, 0.1) is 0 Å². The Hall–Kier alpha value is -0.879. The molecule has 0 amide bonds. The zero-order valence-corrected chi connectivity index (χ0v) is 27.7. The number of aliphatic carboxylic acids is 2. The molecule has 204 valence electrons. The summed E-state index contributed by atoms with van der Waals surface area (Å²) in [5, 5.41) is 19.5. The zero-order valence-electron chi connectivity index (χ0n) is 22.5. The molecule has 2 aromatic rings. The molecule has 0 spiro atoms. The summed E-state index contributed by atoms with van der Waals surface area (Å²) in [6, 6.07) is 11.5. The monoisotopic (exact) mass is 660 g/mol. The van der Waals surface area contributed by atoms with Crippen molar-refractivity contribution in [2.75, 3.05) is 0 Å². The molecule has 1 N–H and O–H groups in total. The molecule has 0 aliphatic heterocycles. The van der Waals surface area contributed by atoms with E-state index in [9.17, 15) is 27.7 Å². The van der Waals surface area contributed by atoms with Crippen molar-refractivity contribution in [3.8, 4) is 0 Å². The number of carbonyl (C=O) groups is 2. The second-order valence-electron chi connectivity index (χ2n) is 8.73. The van der Waals surface area contributed by atoms with Crippen LogP contribution >= 0.6 is 0 Å². The minimum absolute atomic E-state index is 0. The van der Waals surface area contributed by atoms with Crippen LogP contribution in [-0.2, 0) is 19.7 Å². The molecule has 0 radical (unpaired) electrons. The smallest absolute Gasteiger partial charge is 0.744 e. The molecule has 0 heterocycles. The van der Waals surface area contributed by atoms with Gasteiger partial charge in [-0.3, -0.25) is 4.79 Å².